The number of nitrogens with zero attached hydrogens (tertiary/aromatic N) is 1. The van der Waals surface area contributed by atoms with Crippen LogP contribution in [0, 0.1) is 0 Å². The molecule has 0 aliphatic carbocycles. The van der Waals surface area contributed by atoms with E-state index in [0.29, 0.717) is 5.75 Å². The summed E-state index contributed by atoms with van der Waals surface area (Å²) in [6.07, 6.45) is 2.15. The van der Waals surface area contributed by atoms with E-state index in [1.54, 1.807) is 6.07 Å². The third-order valence-electron chi connectivity index (χ3n) is 2.11. The Morgan fingerprint density at radius 3 is 2.50 bits per heavy atom. The minimum atomic E-state index is 0.355. The molecule has 0 saturated heterocycles. The van der Waals surface area contributed by atoms with Crippen LogP contribution in [-0.4, -0.2) is 22.9 Å². The highest BCUT2D eigenvalue weighted by molar-refractivity contribution is 7.13. The maximum Gasteiger partial charge on any atom is 0.115 e. The minimum absolute atomic E-state index is 0.355. The molecule has 0 amide bonds. The molecule has 1 aromatic carbocycles. The van der Waals surface area contributed by atoms with E-state index in [4.69, 9.17) is 0 Å². The molecule has 16 heavy (non-hydrogen) atoms. The Bertz CT molecular complexity index is 278. The number of aromatic hydroxyl groups is 1. The number of phenols is 1. The van der Waals surface area contributed by atoms with Crippen LogP contribution in [0.2, 0.25) is 0 Å². The van der Waals surface area contributed by atoms with Crippen molar-refractivity contribution in [2.45, 2.75) is 33.6 Å². The summed E-state index contributed by atoms with van der Waals surface area (Å²) in [4.78, 5) is 0. The third kappa shape index (κ3) is 6.81. The van der Waals surface area contributed by atoms with Crippen LogP contribution in [-0.2, 0) is 6.42 Å². The van der Waals surface area contributed by atoms with Crippen LogP contribution >= 0.6 is 9.39 Å². The van der Waals surface area contributed by atoms with Crippen molar-refractivity contribution in [2.75, 3.05) is 13.1 Å². The monoisotopic (exact) mass is 241 g/mol. The molecule has 0 aliphatic heterocycles. The second kappa shape index (κ2) is 9.62. The molecule has 0 spiro atoms. The highest BCUT2D eigenvalue weighted by Gasteiger charge is 1.98. The first-order valence-electron chi connectivity index (χ1n) is 6.00. The van der Waals surface area contributed by atoms with Gasteiger partial charge >= 0.3 is 0 Å². The average Bonchev–Trinajstić information content (AvgIpc) is 2.30. The van der Waals surface area contributed by atoms with E-state index in [1.807, 2.05) is 32.0 Å². The quantitative estimate of drug-likeness (QED) is 0.798. The van der Waals surface area contributed by atoms with E-state index in [0.717, 1.165) is 19.5 Å². The number of phenolic OH excluding ortho intramolecular Hbond substituents is 1. The third-order valence-corrected chi connectivity index (χ3v) is 2.63. The van der Waals surface area contributed by atoms with Crippen molar-refractivity contribution in [1.29, 1.82) is 0 Å². The zero-order chi connectivity index (χ0) is 12.4. The molecule has 0 radical (unpaired) electrons. The van der Waals surface area contributed by atoms with Gasteiger partial charge in [-0.15, -0.1) is 0 Å². The smallest absolute Gasteiger partial charge is 0.115 e. The lowest BCUT2D eigenvalue weighted by Crippen LogP contribution is -2.15. The van der Waals surface area contributed by atoms with Crippen LogP contribution < -0.4 is 0 Å². The SMILES string of the molecule is CC.CCCN(P)CCc1cccc(O)c1. The Labute approximate surface area is 102 Å². The molecular weight excluding hydrogens is 217 g/mol. The molecule has 0 heterocycles. The molecule has 1 unspecified atom stereocenters. The van der Waals surface area contributed by atoms with Gasteiger partial charge in [0.05, 0.1) is 0 Å². The van der Waals surface area contributed by atoms with Gasteiger partial charge in [0.2, 0.25) is 0 Å². The van der Waals surface area contributed by atoms with Crippen LogP contribution in [0.5, 0.6) is 5.75 Å². The summed E-state index contributed by atoms with van der Waals surface area (Å²) in [6.45, 7) is 8.29. The fraction of sp³-hybridized carbons (Fsp3) is 0.538. The predicted molar refractivity (Wildman–Crippen MR) is 74.7 cm³/mol. The summed E-state index contributed by atoms with van der Waals surface area (Å²) in [5.41, 5.74) is 1.19. The van der Waals surface area contributed by atoms with E-state index < -0.39 is 0 Å². The lowest BCUT2D eigenvalue weighted by molar-refractivity contribution is 0.465. The van der Waals surface area contributed by atoms with Crippen LogP contribution in [0.4, 0.5) is 0 Å². The normalized spacial score (nSPS) is 9.81. The Balaban J connectivity index is 0.00000106. The predicted octanol–water partition coefficient (Wildman–Crippen LogP) is 3.46. The van der Waals surface area contributed by atoms with Crippen molar-refractivity contribution >= 4 is 9.39 Å². The highest BCUT2D eigenvalue weighted by Crippen LogP contribution is 2.12. The summed E-state index contributed by atoms with van der Waals surface area (Å²) < 4.78 is 2.23. The van der Waals surface area contributed by atoms with Gasteiger partial charge in [0.15, 0.2) is 0 Å². The molecule has 0 aliphatic rings. The standard InChI is InChI=1S/C11H18NOP.C2H6/c1-2-7-12(14)8-6-10-4-3-5-11(13)9-10;1-2/h3-5,9,13H,2,6-8,14H2,1H3;1-2H3. The molecule has 0 fully saturated rings. The molecule has 1 rings (SSSR count). The molecule has 0 bridgehead atoms. The Hall–Kier alpha value is -0.590. The molecule has 92 valence electrons. The summed E-state index contributed by atoms with van der Waals surface area (Å²) in [5.74, 6) is 0.355. The Kier molecular flexibility index (Phi) is 9.27. The minimum Gasteiger partial charge on any atom is -0.508 e. The van der Waals surface area contributed by atoms with Crippen LogP contribution in [0.3, 0.4) is 0 Å². The van der Waals surface area contributed by atoms with Gasteiger partial charge in [-0.25, -0.2) is 0 Å². The van der Waals surface area contributed by atoms with Crippen molar-refractivity contribution in [1.82, 2.24) is 4.67 Å². The molecule has 0 saturated carbocycles. The van der Waals surface area contributed by atoms with Crippen molar-refractivity contribution in [2.24, 2.45) is 0 Å². The summed E-state index contributed by atoms with van der Waals surface area (Å²) in [7, 11) is 2.73. The first-order chi connectivity index (χ1) is 7.72. The van der Waals surface area contributed by atoms with E-state index in [2.05, 4.69) is 21.0 Å². The molecule has 1 aromatic rings. The highest BCUT2D eigenvalue weighted by atomic mass is 31.0. The summed E-state index contributed by atoms with van der Waals surface area (Å²) in [6, 6.07) is 7.46. The van der Waals surface area contributed by atoms with Crippen molar-refractivity contribution < 1.29 is 5.11 Å². The number of rotatable bonds is 5. The maximum atomic E-state index is 9.26. The first-order valence-corrected chi connectivity index (χ1v) is 6.51. The summed E-state index contributed by atoms with van der Waals surface area (Å²) >= 11 is 0. The first kappa shape index (κ1) is 15.4. The maximum absolute atomic E-state index is 9.26. The fourth-order valence-corrected chi connectivity index (χ4v) is 1.77. The largest absolute Gasteiger partial charge is 0.508 e. The molecule has 1 N–H and O–H groups in total. The fourth-order valence-electron chi connectivity index (χ4n) is 1.38. The number of hydrogen-bond donors (Lipinski definition) is 1. The van der Waals surface area contributed by atoms with Crippen molar-refractivity contribution in [3.63, 3.8) is 0 Å². The number of benzene rings is 1. The second-order valence-corrected chi connectivity index (χ2v) is 4.19. The van der Waals surface area contributed by atoms with Crippen LogP contribution in [0.1, 0.15) is 32.8 Å². The summed E-state index contributed by atoms with van der Waals surface area (Å²) in [5, 5.41) is 9.26. The van der Waals surface area contributed by atoms with Gasteiger partial charge in [-0.05, 0) is 30.5 Å². The molecule has 3 heteroatoms. The zero-order valence-corrected chi connectivity index (χ0v) is 11.8. The molecule has 0 aromatic heterocycles. The molecular formula is C13H24NOP. The van der Waals surface area contributed by atoms with E-state index in [-0.39, 0.29) is 0 Å². The van der Waals surface area contributed by atoms with Crippen LogP contribution in [0.25, 0.3) is 0 Å². The van der Waals surface area contributed by atoms with Crippen LogP contribution in [0.15, 0.2) is 24.3 Å². The van der Waals surface area contributed by atoms with Gasteiger partial charge in [0, 0.05) is 13.1 Å². The van der Waals surface area contributed by atoms with Gasteiger partial charge in [-0.2, -0.15) is 0 Å². The van der Waals surface area contributed by atoms with E-state index in [9.17, 15) is 5.11 Å². The zero-order valence-electron chi connectivity index (χ0n) is 10.6. The van der Waals surface area contributed by atoms with Gasteiger partial charge < -0.3 is 5.11 Å². The lowest BCUT2D eigenvalue weighted by Gasteiger charge is -2.14. The second-order valence-electron chi connectivity index (χ2n) is 3.46. The van der Waals surface area contributed by atoms with Gasteiger partial charge in [-0.1, -0.05) is 42.3 Å². The van der Waals surface area contributed by atoms with Gasteiger partial charge in [0.1, 0.15) is 5.75 Å². The Morgan fingerprint density at radius 1 is 1.25 bits per heavy atom. The van der Waals surface area contributed by atoms with Crippen molar-refractivity contribution in [3.8, 4) is 5.75 Å². The topological polar surface area (TPSA) is 23.5 Å². The van der Waals surface area contributed by atoms with Crippen molar-refractivity contribution in [3.05, 3.63) is 29.8 Å². The molecule has 2 nitrogen and oxygen atoms in total. The van der Waals surface area contributed by atoms with Gasteiger partial charge in [-0.3, -0.25) is 4.67 Å². The van der Waals surface area contributed by atoms with Gasteiger partial charge in [0.25, 0.3) is 0 Å². The van der Waals surface area contributed by atoms with E-state index >= 15 is 0 Å². The number of hydrogen-bond acceptors (Lipinski definition) is 2. The van der Waals surface area contributed by atoms with E-state index in [1.165, 1.54) is 12.0 Å². The average molecular weight is 241 g/mol. The molecule has 1 atom stereocenters. The lowest BCUT2D eigenvalue weighted by atomic mass is 10.1. The Morgan fingerprint density at radius 2 is 1.94 bits per heavy atom.